The highest BCUT2D eigenvalue weighted by atomic mass is 79.9. The van der Waals surface area contributed by atoms with Crippen molar-refractivity contribution in [3.63, 3.8) is 0 Å². The minimum atomic E-state index is -3.99. The maximum Gasteiger partial charge on any atom is 0.356 e. The van der Waals surface area contributed by atoms with Crippen molar-refractivity contribution in [2.45, 2.75) is 11.8 Å². The van der Waals surface area contributed by atoms with Crippen LogP contribution in [0.3, 0.4) is 0 Å². The van der Waals surface area contributed by atoms with Crippen LogP contribution in [0.1, 0.15) is 27.8 Å². The molecule has 0 fully saturated rings. The lowest BCUT2D eigenvalue weighted by Gasteiger charge is -2.10. The number of methoxy groups -OCH3 is 1. The summed E-state index contributed by atoms with van der Waals surface area (Å²) in [5.41, 5.74) is 0.293. The molecule has 1 heterocycles. The number of hydrogen-bond acceptors (Lipinski definition) is 7. The third-order valence-electron chi connectivity index (χ3n) is 3.10. The highest BCUT2D eigenvalue weighted by Gasteiger charge is 2.19. The number of halogens is 1. The summed E-state index contributed by atoms with van der Waals surface area (Å²) in [7, 11) is -2.79. The van der Waals surface area contributed by atoms with Crippen molar-refractivity contribution < 1.29 is 27.5 Å². The number of pyridine rings is 1. The molecule has 8 nitrogen and oxygen atoms in total. The number of nitrogens with zero attached hydrogens (tertiary/aromatic N) is 1. The number of hydrogen-bond donors (Lipinski definition) is 1. The molecule has 0 spiro atoms. The Balaban J connectivity index is 2.27. The zero-order valence-electron chi connectivity index (χ0n) is 13.9. The molecule has 0 bridgehead atoms. The standard InChI is InChI=1S/C16H15BrN2O6S/c1-3-25-16(21)14-5-4-12(9-18-14)19-26(22,23)13-7-10(15(20)24-2)6-11(17)8-13/h4-9,19H,3H2,1-2H3. The van der Waals surface area contributed by atoms with Gasteiger partial charge < -0.3 is 9.47 Å². The number of esters is 2. The summed E-state index contributed by atoms with van der Waals surface area (Å²) >= 11 is 3.16. The summed E-state index contributed by atoms with van der Waals surface area (Å²) in [4.78, 5) is 26.9. The molecule has 0 saturated heterocycles. The van der Waals surface area contributed by atoms with Crippen LogP contribution in [0.4, 0.5) is 5.69 Å². The molecule has 2 aromatic rings. The second-order valence-electron chi connectivity index (χ2n) is 4.93. The molecule has 1 aromatic carbocycles. The third kappa shape index (κ3) is 4.79. The number of carbonyl (C=O) groups is 2. The van der Waals surface area contributed by atoms with Crippen LogP contribution in [0.2, 0.25) is 0 Å². The normalized spacial score (nSPS) is 10.9. The van der Waals surface area contributed by atoms with E-state index in [1.807, 2.05) is 0 Å². The molecule has 1 aromatic heterocycles. The number of nitrogens with one attached hydrogen (secondary N) is 1. The van der Waals surface area contributed by atoms with Crippen molar-refractivity contribution in [3.8, 4) is 0 Å². The highest BCUT2D eigenvalue weighted by molar-refractivity contribution is 9.10. The topological polar surface area (TPSA) is 112 Å². The molecule has 0 amide bonds. The minimum absolute atomic E-state index is 0.0604. The fraction of sp³-hybridized carbons (Fsp3) is 0.188. The van der Waals surface area contributed by atoms with E-state index in [9.17, 15) is 18.0 Å². The molecule has 0 aliphatic carbocycles. The van der Waals surface area contributed by atoms with E-state index in [1.165, 1.54) is 43.6 Å². The number of ether oxygens (including phenoxy) is 2. The van der Waals surface area contributed by atoms with Crippen LogP contribution < -0.4 is 4.72 Å². The van der Waals surface area contributed by atoms with Gasteiger partial charge in [-0.1, -0.05) is 15.9 Å². The molecule has 0 unspecified atom stereocenters. The first-order chi connectivity index (χ1) is 12.3. The van der Waals surface area contributed by atoms with Crippen LogP contribution in [-0.4, -0.2) is 39.1 Å². The van der Waals surface area contributed by atoms with Crippen molar-refractivity contribution in [2.24, 2.45) is 0 Å². The predicted octanol–water partition coefficient (Wildman–Crippen LogP) is 2.61. The second kappa shape index (κ2) is 8.28. The van der Waals surface area contributed by atoms with E-state index in [1.54, 1.807) is 6.92 Å². The van der Waals surface area contributed by atoms with Crippen molar-refractivity contribution >= 4 is 43.6 Å². The molecule has 0 saturated carbocycles. The molecular weight excluding hydrogens is 428 g/mol. The Labute approximate surface area is 158 Å². The summed E-state index contributed by atoms with van der Waals surface area (Å²) in [6, 6.07) is 6.71. The fourth-order valence-electron chi connectivity index (χ4n) is 1.95. The van der Waals surface area contributed by atoms with Gasteiger partial charge in [0.2, 0.25) is 0 Å². The van der Waals surface area contributed by atoms with Crippen LogP contribution in [0.25, 0.3) is 0 Å². The maximum absolute atomic E-state index is 12.5. The summed E-state index contributed by atoms with van der Waals surface area (Å²) in [5.74, 6) is -1.26. The number of benzene rings is 1. The summed E-state index contributed by atoms with van der Waals surface area (Å²) < 4.78 is 37.2. The zero-order chi connectivity index (χ0) is 19.3. The summed E-state index contributed by atoms with van der Waals surface area (Å²) in [6.07, 6.45) is 1.20. The van der Waals surface area contributed by atoms with E-state index in [-0.39, 0.29) is 28.4 Å². The lowest BCUT2D eigenvalue weighted by molar-refractivity contribution is 0.0518. The Morgan fingerprint density at radius 3 is 2.50 bits per heavy atom. The van der Waals surface area contributed by atoms with Gasteiger partial charge in [-0.25, -0.2) is 23.0 Å². The van der Waals surface area contributed by atoms with Crippen LogP contribution in [0.5, 0.6) is 0 Å². The largest absolute Gasteiger partial charge is 0.465 e. The summed E-state index contributed by atoms with van der Waals surface area (Å²) in [5, 5.41) is 0. The van der Waals surface area contributed by atoms with Crippen LogP contribution in [-0.2, 0) is 19.5 Å². The third-order valence-corrected chi connectivity index (χ3v) is 4.92. The van der Waals surface area contributed by atoms with E-state index in [0.29, 0.717) is 4.47 Å². The molecule has 2 rings (SSSR count). The van der Waals surface area contributed by atoms with Crippen molar-refractivity contribution in [2.75, 3.05) is 18.4 Å². The molecule has 10 heteroatoms. The monoisotopic (exact) mass is 442 g/mol. The van der Waals surface area contributed by atoms with Gasteiger partial charge >= 0.3 is 11.9 Å². The molecule has 26 heavy (non-hydrogen) atoms. The lowest BCUT2D eigenvalue weighted by atomic mass is 10.2. The van der Waals surface area contributed by atoms with Crippen LogP contribution >= 0.6 is 15.9 Å². The smallest absolute Gasteiger partial charge is 0.356 e. The van der Waals surface area contributed by atoms with Crippen molar-refractivity contribution in [1.29, 1.82) is 0 Å². The fourth-order valence-corrected chi connectivity index (χ4v) is 3.71. The lowest BCUT2D eigenvalue weighted by Crippen LogP contribution is -2.15. The number of rotatable bonds is 6. The molecule has 0 radical (unpaired) electrons. The highest BCUT2D eigenvalue weighted by Crippen LogP contribution is 2.22. The van der Waals surface area contributed by atoms with Gasteiger partial charge in [-0.3, -0.25) is 4.72 Å². The molecular formula is C16H15BrN2O6S. The van der Waals surface area contributed by atoms with Gasteiger partial charge in [-0.05, 0) is 37.3 Å². The number of anilines is 1. The van der Waals surface area contributed by atoms with E-state index in [0.717, 1.165) is 0 Å². The quantitative estimate of drug-likeness (QED) is 0.683. The van der Waals surface area contributed by atoms with Gasteiger partial charge in [0.15, 0.2) is 0 Å². The Morgan fingerprint density at radius 2 is 1.92 bits per heavy atom. The van der Waals surface area contributed by atoms with Gasteiger partial charge in [0.1, 0.15) is 5.69 Å². The first kappa shape index (κ1) is 19.9. The van der Waals surface area contributed by atoms with Crippen LogP contribution in [0, 0.1) is 0 Å². The first-order valence-corrected chi connectivity index (χ1v) is 9.59. The van der Waals surface area contributed by atoms with Crippen molar-refractivity contribution in [3.05, 3.63) is 52.3 Å². The first-order valence-electron chi connectivity index (χ1n) is 7.31. The van der Waals surface area contributed by atoms with Crippen LogP contribution in [0.15, 0.2) is 45.9 Å². The average molecular weight is 443 g/mol. The van der Waals surface area contributed by atoms with Crippen molar-refractivity contribution in [1.82, 2.24) is 4.98 Å². The second-order valence-corrected chi connectivity index (χ2v) is 7.52. The summed E-state index contributed by atoms with van der Waals surface area (Å²) in [6.45, 7) is 1.88. The van der Waals surface area contributed by atoms with Gasteiger partial charge in [0, 0.05) is 4.47 Å². The number of carbonyl (C=O) groups excluding carboxylic acids is 2. The van der Waals surface area contributed by atoms with E-state index in [4.69, 9.17) is 4.74 Å². The Bertz CT molecular complexity index is 928. The van der Waals surface area contributed by atoms with Gasteiger partial charge in [-0.15, -0.1) is 0 Å². The molecule has 0 aliphatic rings. The maximum atomic E-state index is 12.5. The average Bonchev–Trinajstić information content (AvgIpc) is 2.61. The molecule has 138 valence electrons. The zero-order valence-corrected chi connectivity index (χ0v) is 16.3. The number of sulfonamides is 1. The van der Waals surface area contributed by atoms with E-state index >= 15 is 0 Å². The predicted molar refractivity (Wildman–Crippen MR) is 96.5 cm³/mol. The SMILES string of the molecule is CCOC(=O)c1ccc(NS(=O)(=O)c2cc(Br)cc(C(=O)OC)c2)cn1. The Hall–Kier alpha value is -2.46. The molecule has 1 N–H and O–H groups in total. The Kier molecular flexibility index (Phi) is 6.32. The van der Waals surface area contributed by atoms with Gasteiger partial charge in [0.05, 0.1) is 36.1 Å². The Morgan fingerprint density at radius 1 is 1.19 bits per heavy atom. The molecule has 0 atom stereocenters. The minimum Gasteiger partial charge on any atom is -0.465 e. The van der Waals surface area contributed by atoms with E-state index < -0.39 is 22.0 Å². The number of aromatic nitrogens is 1. The van der Waals surface area contributed by atoms with E-state index in [2.05, 4.69) is 30.4 Å². The van der Waals surface area contributed by atoms with Gasteiger partial charge in [-0.2, -0.15) is 0 Å². The molecule has 0 aliphatic heterocycles. The van der Waals surface area contributed by atoms with Gasteiger partial charge in [0.25, 0.3) is 10.0 Å².